The van der Waals surface area contributed by atoms with Gasteiger partial charge in [-0.2, -0.15) is 9.36 Å². The van der Waals surface area contributed by atoms with Gasteiger partial charge in [0.05, 0.1) is 0 Å². The number of carbonyl (C=O) groups is 1. The molecule has 0 atom stereocenters. The molecule has 4 aromatic rings. The third-order valence-electron chi connectivity index (χ3n) is 4.57. The Balaban J connectivity index is 1.33. The number of hydrogen-bond acceptors (Lipinski definition) is 5. The summed E-state index contributed by atoms with van der Waals surface area (Å²) < 4.78 is 23.1. The van der Waals surface area contributed by atoms with E-state index in [-0.39, 0.29) is 11.7 Å². The van der Waals surface area contributed by atoms with E-state index in [1.807, 2.05) is 30.3 Å². The van der Waals surface area contributed by atoms with Crippen LogP contribution in [0.1, 0.15) is 27.3 Å². The molecular weight excluding hydrogens is 413 g/mol. The molecule has 0 spiro atoms. The number of nitrogens with one attached hydrogen (secondary N) is 1. The van der Waals surface area contributed by atoms with Gasteiger partial charge < -0.3 is 10.1 Å². The first-order valence-corrected chi connectivity index (χ1v) is 10.6. The molecular formula is C24H20FN3O2S. The highest BCUT2D eigenvalue weighted by atomic mass is 32.1. The minimum atomic E-state index is -0.275. The Bertz CT molecular complexity index is 1150. The lowest BCUT2D eigenvalue weighted by atomic mass is 10.1. The van der Waals surface area contributed by atoms with E-state index in [2.05, 4.69) is 14.7 Å². The fourth-order valence-electron chi connectivity index (χ4n) is 3.00. The third-order valence-corrected chi connectivity index (χ3v) is 5.20. The van der Waals surface area contributed by atoms with Gasteiger partial charge in [-0.3, -0.25) is 4.79 Å². The van der Waals surface area contributed by atoms with E-state index in [0.717, 1.165) is 23.5 Å². The molecule has 0 radical (unpaired) electrons. The zero-order chi connectivity index (χ0) is 21.5. The molecule has 31 heavy (non-hydrogen) atoms. The molecule has 156 valence electrons. The Morgan fingerprint density at radius 2 is 1.77 bits per heavy atom. The third kappa shape index (κ3) is 5.96. The number of aromatic nitrogens is 2. The molecule has 0 fully saturated rings. The van der Waals surface area contributed by atoms with Crippen molar-refractivity contribution in [3.63, 3.8) is 0 Å². The monoisotopic (exact) mass is 433 g/mol. The lowest BCUT2D eigenvalue weighted by Gasteiger charge is -2.07. The highest BCUT2D eigenvalue weighted by Crippen LogP contribution is 2.24. The van der Waals surface area contributed by atoms with Gasteiger partial charge in [-0.05, 0) is 47.9 Å². The molecule has 0 unspecified atom stereocenters. The Labute approximate surface area is 183 Å². The summed E-state index contributed by atoms with van der Waals surface area (Å²) in [5.41, 5.74) is 2.61. The van der Waals surface area contributed by atoms with Gasteiger partial charge in [0.1, 0.15) is 11.6 Å². The predicted octanol–water partition coefficient (Wildman–Crippen LogP) is 5.03. The standard InChI is InChI=1S/C24H20FN3O2S/c25-20-11-9-18(10-12-20)15-22-27-24(31-28-22)30-21-8-4-7-19(16-21)23(29)26-14-13-17-5-2-1-3-6-17/h1-12,16H,13-15H2,(H,26,29). The fourth-order valence-corrected chi connectivity index (χ4v) is 3.57. The molecule has 0 aliphatic rings. The normalized spacial score (nSPS) is 10.6. The molecule has 0 saturated carbocycles. The highest BCUT2D eigenvalue weighted by Gasteiger charge is 2.10. The van der Waals surface area contributed by atoms with Crippen molar-refractivity contribution < 1.29 is 13.9 Å². The Hall–Kier alpha value is -3.58. The van der Waals surface area contributed by atoms with Gasteiger partial charge in [-0.25, -0.2) is 4.39 Å². The number of amides is 1. The predicted molar refractivity (Wildman–Crippen MR) is 118 cm³/mol. The topological polar surface area (TPSA) is 64.1 Å². The zero-order valence-electron chi connectivity index (χ0n) is 16.6. The van der Waals surface area contributed by atoms with Crippen LogP contribution in [0.2, 0.25) is 0 Å². The molecule has 0 aliphatic carbocycles. The first-order chi connectivity index (χ1) is 15.2. The van der Waals surface area contributed by atoms with Crippen molar-refractivity contribution in [1.82, 2.24) is 14.7 Å². The van der Waals surface area contributed by atoms with E-state index in [4.69, 9.17) is 4.74 Å². The summed E-state index contributed by atoms with van der Waals surface area (Å²) in [6, 6.07) is 23.2. The van der Waals surface area contributed by atoms with E-state index in [1.165, 1.54) is 17.7 Å². The molecule has 1 N–H and O–H groups in total. The van der Waals surface area contributed by atoms with Crippen LogP contribution in [-0.4, -0.2) is 21.8 Å². The first kappa shape index (κ1) is 20.7. The number of benzene rings is 3. The second-order valence-corrected chi connectivity index (χ2v) is 7.62. The Kier molecular flexibility index (Phi) is 6.64. The van der Waals surface area contributed by atoms with Gasteiger partial charge in [0, 0.05) is 30.1 Å². The number of rotatable bonds is 8. The average molecular weight is 434 g/mol. The maximum absolute atomic E-state index is 13.0. The largest absolute Gasteiger partial charge is 0.430 e. The summed E-state index contributed by atoms with van der Waals surface area (Å²) in [5.74, 6) is 0.681. The van der Waals surface area contributed by atoms with Crippen LogP contribution in [0.25, 0.3) is 0 Å². The van der Waals surface area contributed by atoms with Gasteiger partial charge in [0.15, 0.2) is 5.82 Å². The SMILES string of the molecule is O=C(NCCc1ccccc1)c1cccc(Oc2nc(Cc3ccc(F)cc3)ns2)c1. The number of nitrogens with zero attached hydrogens (tertiary/aromatic N) is 2. The molecule has 5 nitrogen and oxygen atoms in total. The van der Waals surface area contributed by atoms with Crippen LogP contribution in [-0.2, 0) is 12.8 Å². The number of halogens is 1. The van der Waals surface area contributed by atoms with Crippen LogP contribution >= 0.6 is 11.5 Å². The zero-order valence-corrected chi connectivity index (χ0v) is 17.4. The van der Waals surface area contributed by atoms with Crippen LogP contribution in [0.4, 0.5) is 4.39 Å². The molecule has 1 amide bonds. The van der Waals surface area contributed by atoms with Gasteiger partial charge in [0.25, 0.3) is 11.1 Å². The molecule has 0 saturated heterocycles. The van der Waals surface area contributed by atoms with E-state index >= 15 is 0 Å². The minimum Gasteiger partial charge on any atom is -0.430 e. The van der Waals surface area contributed by atoms with E-state index < -0.39 is 0 Å². The Morgan fingerprint density at radius 1 is 0.968 bits per heavy atom. The minimum absolute atomic E-state index is 0.157. The highest BCUT2D eigenvalue weighted by molar-refractivity contribution is 7.07. The second-order valence-electron chi connectivity index (χ2n) is 6.90. The molecule has 1 aromatic heterocycles. The second kappa shape index (κ2) is 9.95. The van der Waals surface area contributed by atoms with Crippen molar-refractivity contribution in [2.45, 2.75) is 12.8 Å². The molecule has 1 heterocycles. The summed E-state index contributed by atoms with van der Waals surface area (Å²) in [4.78, 5) is 16.8. The molecule has 0 bridgehead atoms. The lowest BCUT2D eigenvalue weighted by molar-refractivity contribution is 0.0954. The number of carbonyl (C=O) groups excluding carboxylic acids is 1. The lowest BCUT2D eigenvalue weighted by Crippen LogP contribution is -2.25. The van der Waals surface area contributed by atoms with Crippen molar-refractivity contribution in [1.29, 1.82) is 0 Å². The van der Waals surface area contributed by atoms with Crippen LogP contribution in [0.3, 0.4) is 0 Å². The first-order valence-electron chi connectivity index (χ1n) is 9.83. The van der Waals surface area contributed by atoms with Crippen molar-refractivity contribution in [2.75, 3.05) is 6.54 Å². The summed E-state index contributed by atoms with van der Waals surface area (Å²) in [5, 5.41) is 3.32. The molecule has 4 rings (SSSR count). The van der Waals surface area contributed by atoms with Gasteiger partial charge in [-0.15, -0.1) is 0 Å². The molecule has 0 aliphatic heterocycles. The summed E-state index contributed by atoms with van der Waals surface area (Å²) >= 11 is 1.13. The fraction of sp³-hybridized carbons (Fsp3) is 0.125. The van der Waals surface area contributed by atoms with Crippen LogP contribution in [0, 0.1) is 5.82 Å². The van der Waals surface area contributed by atoms with E-state index in [9.17, 15) is 9.18 Å². The Morgan fingerprint density at radius 3 is 2.58 bits per heavy atom. The van der Waals surface area contributed by atoms with Crippen molar-refractivity contribution in [3.05, 3.63) is 107 Å². The summed E-state index contributed by atoms with van der Waals surface area (Å²) in [6.07, 6.45) is 1.26. The maximum atomic E-state index is 13.0. The molecule has 7 heteroatoms. The molecule has 3 aromatic carbocycles. The quantitative estimate of drug-likeness (QED) is 0.423. The van der Waals surface area contributed by atoms with Gasteiger partial charge in [-0.1, -0.05) is 48.5 Å². The van der Waals surface area contributed by atoms with Gasteiger partial charge in [0.2, 0.25) is 0 Å². The van der Waals surface area contributed by atoms with E-state index in [1.54, 1.807) is 36.4 Å². The maximum Gasteiger partial charge on any atom is 0.298 e. The van der Waals surface area contributed by atoms with Crippen LogP contribution in [0.5, 0.6) is 10.9 Å². The van der Waals surface area contributed by atoms with Crippen LogP contribution < -0.4 is 10.1 Å². The average Bonchev–Trinajstić information content (AvgIpc) is 3.23. The summed E-state index contributed by atoms with van der Waals surface area (Å²) in [6.45, 7) is 0.553. The number of hydrogen-bond donors (Lipinski definition) is 1. The van der Waals surface area contributed by atoms with Crippen LogP contribution in [0.15, 0.2) is 78.9 Å². The number of ether oxygens (including phenoxy) is 1. The van der Waals surface area contributed by atoms with E-state index in [0.29, 0.717) is 35.3 Å². The van der Waals surface area contributed by atoms with Crippen molar-refractivity contribution >= 4 is 17.4 Å². The van der Waals surface area contributed by atoms with Gasteiger partial charge >= 0.3 is 0 Å². The summed E-state index contributed by atoms with van der Waals surface area (Å²) in [7, 11) is 0. The van der Waals surface area contributed by atoms with Crippen molar-refractivity contribution in [2.24, 2.45) is 0 Å². The smallest absolute Gasteiger partial charge is 0.298 e. The van der Waals surface area contributed by atoms with Crippen molar-refractivity contribution in [3.8, 4) is 10.9 Å².